The predicted molar refractivity (Wildman–Crippen MR) is 132 cm³/mol. The van der Waals surface area contributed by atoms with Crippen LogP contribution in [0.1, 0.15) is 62.5 Å². The number of likely N-dealkylation sites (tertiary alicyclic amines) is 1. The molecule has 1 heterocycles. The Kier molecular flexibility index (Phi) is 7.87. The molecule has 0 bridgehead atoms. The Bertz CT molecular complexity index is 880. The van der Waals surface area contributed by atoms with E-state index in [1.54, 1.807) is 0 Å². The minimum Gasteiger partial charge on any atom is -0.457 e. The third-order valence-corrected chi connectivity index (χ3v) is 8.19. The van der Waals surface area contributed by atoms with Crippen LogP contribution in [0.5, 0.6) is 0 Å². The molecule has 1 N–H and O–H groups in total. The fraction of sp³-hybridized carbons (Fsp3) is 0.552. The van der Waals surface area contributed by atoms with Crippen molar-refractivity contribution < 1.29 is 19.1 Å². The largest absolute Gasteiger partial charge is 0.457 e. The normalized spacial score (nSPS) is 25.5. The molecule has 3 atom stereocenters. The monoisotopic (exact) mass is 450 g/mol. The molecule has 0 aromatic heterocycles. The van der Waals surface area contributed by atoms with Gasteiger partial charge in [-0.05, 0) is 30.4 Å². The van der Waals surface area contributed by atoms with E-state index in [0.29, 0.717) is 18.2 Å². The summed E-state index contributed by atoms with van der Waals surface area (Å²) in [6.07, 6.45) is 9.49. The van der Waals surface area contributed by atoms with Crippen LogP contribution in [-0.2, 0) is 21.6 Å². The molecule has 2 fully saturated rings. The van der Waals surface area contributed by atoms with Crippen LogP contribution in [0.2, 0.25) is 0 Å². The van der Waals surface area contributed by atoms with Crippen LogP contribution >= 0.6 is 0 Å². The zero-order valence-corrected chi connectivity index (χ0v) is 20.1. The van der Waals surface area contributed by atoms with Gasteiger partial charge < -0.3 is 14.3 Å². The summed E-state index contributed by atoms with van der Waals surface area (Å²) < 4.78 is 6.91. The lowest BCUT2D eigenvalue weighted by atomic mass is 9.73. The standard InChI is InChI=1S/C29H40NO3/c1-30(21-11-15-24-13-5-2-6-14-24)22-12-20-27(30)23-33-28(31)29(32,25-16-7-3-8-17-25)26-18-9-4-10-19-26/h2-3,5-8,13-14,16-17,26-27,32H,4,9-12,15,18-23H2,1H3/q+1/t27-,29?,30?/m1/s1. The molecule has 4 rings (SSSR count). The number of carbonyl (C=O) groups is 1. The average molecular weight is 451 g/mol. The number of aryl methyl sites for hydroxylation is 1. The number of aliphatic hydroxyl groups is 1. The minimum absolute atomic E-state index is 0.0727. The predicted octanol–water partition coefficient (Wildman–Crippen LogP) is 5.24. The Labute approximate surface area is 199 Å². The minimum atomic E-state index is -1.54. The molecule has 1 aliphatic carbocycles. The van der Waals surface area contributed by atoms with Gasteiger partial charge in [-0.1, -0.05) is 79.9 Å². The van der Waals surface area contributed by atoms with E-state index in [-0.39, 0.29) is 5.92 Å². The fourth-order valence-corrected chi connectivity index (χ4v) is 6.04. The van der Waals surface area contributed by atoms with Gasteiger partial charge in [0.25, 0.3) is 0 Å². The highest BCUT2D eigenvalue weighted by Gasteiger charge is 2.48. The van der Waals surface area contributed by atoms with Gasteiger partial charge in [0.15, 0.2) is 5.60 Å². The van der Waals surface area contributed by atoms with E-state index in [9.17, 15) is 9.90 Å². The molecule has 0 amide bonds. The molecule has 0 radical (unpaired) electrons. The SMILES string of the molecule is C[N+]1(CCCc2ccccc2)CCC[C@@H]1COC(=O)C(O)(c1ccccc1)C1CCCCC1. The Hall–Kier alpha value is -2.17. The number of likely N-dealkylation sites (N-methyl/N-ethyl adjacent to an activating group) is 1. The highest BCUT2D eigenvalue weighted by atomic mass is 16.6. The number of hydrogen-bond acceptors (Lipinski definition) is 3. The first-order valence-corrected chi connectivity index (χ1v) is 12.9. The van der Waals surface area contributed by atoms with Gasteiger partial charge in [-0.15, -0.1) is 0 Å². The van der Waals surface area contributed by atoms with E-state index >= 15 is 0 Å². The quantitative estimate of drug-likeness (QED) is 0.420. The number of nitrogens with zero attached hydrogens (tertiary/aromatic N) is 1. The molecule has 2 unspecified atom stereocenters. The molecule has 1 saturated heterocycles. The molecule has 1 aliphatic heterocycles. The Morgan fingerprint density at radius 1 is 0.970 bits per heavy atom. The maximum atomic E-state index is 13.5. The van der Waals surface area contributed by atoms with Gasteiger partial charge in [0, 0.05) is 25.2 Å². The van der Waals surface area contributed by atoms with Gasteiger partial charge >= 0.3 is 5.97 Å². The van der Waals surface area contributed by atoms with Crippen molar-refractivity contribution in [2.75, 3.05) is 26.7 Å². The van der Waals surface area contributed by atoms with E-state index < -0.39 is 11.6 Å². The van der Waals surface area contributed by atoms with Crippen LogP contribution in [0.25, 0.3) is 0 Å². The van der Waals surface area contributed by atoms with Gasteiger partial charge in [-0.3, -0.25) is 0 Å². The third kappa shape index (κ3) is 5.50. The number of ether oxygens (including phenoxy) is 1. The van der Waals surface area contributed by atoms with E-state index in [1.807, 2.05) is 30.3 Å². The first-order chi connectivity index (χ1) is 16.0. The van der Waals surface area contributed by atoms with E-state index in [0.717, 1.165) is 68.9 Å². The molecule has 178 valence electrons. The number of carbonyl (C=O) groups excluding carboxylic acids is 1. The summed E-state index contributed by atoms with van der Waals surface area (Å²) in [4.78, 5) is 13.5. The number of benzene rings is 2. The molecule has 2 aliphatic rings. The summed E-state index contributed by atoms with van der Waals surface area (Å²) in [7, 11) is 2.31. The Balaban J connectivity index is 1.39. The number of quaternary nitrogens is 1. The van der Waals surface area contributed by atoms with Crippen molar-refractivity contribution in [1.82, 2.24) is 0 Å². The highest BCUT2D eigenvalue weighted by Crippen LogP contribution is 2.40. The number of esters is 1. The molecule has 4 heteroatoms. The van der Waals surface area contributed by atoms with Gasteiger partial charge in [-0.2, -0.15) is 0 Å². The third-order valence-electron chi connectivity index (χ3n) is 8.19. The highest BCUT2D eigenvalue weighted by molar-refractivity contribution is 5.81. The van der Waals surface area contributed by atoms with Crippen LogP contribution in [0.4, 0.5) is 0 Å². The molecule has 1 saturated carbocycles. The van der Waals surface area contributed by atoms with Gasteiger partial charge in [0.1, 0.15) is 12.6 Å². The lowest BCUT2D eigenvalue weighted by Gasteiger charge is -2.39. The average Bonchev–Trinajstić information content (AvgIpc) is 3.23. The van der Waals surface area contributed by atoms with Crippen LogP contribution in [0.15, 0.2) is 60.7 Å². The van der Waals surface area contributed by atoms with Crippen molar-refractivity contribution in [3.63, 3.8) is 0 Å². The van der Waals surface area contributed by atoms with Crippen molar-refractivity contribution in [3.8, 4) is 0 Å². The van der Waals surface area contributed by atoms with E-state index in [4.69, 9.17) is 4.74 Å². The smallest absolute Gasteiger partial charge is 0.343 e. The van der Waals surface area contributed by atoms with Crippen molar-refractivity contribution in [1.29, 1.82) is 0 Å². The maximum Gasteiger partial charge on any atom is 0.343 e. The number of rotatable bonds is 9. The van der Waals surface area contributed by atoms with Crippen molar-refractivity contribution >= 4 is 5.97 Å². The maximum absolute atomic E-state index is 13.5. The van der Waals surface area contributed by atoms with Crippen LogP contribution < -0.4 is 0 Å². The topological polar surface area (TPSA) is 46.5 Å². The molecular weight excluding hydrogens is 410 g/mol. The van der Waals surface area contributed by atoms with E-state index in [2.05, 4.69) is 37.4 Å². The number of hydrogen-bond donors (Lipinski definition) is 1. The van der Waals surface area contributed by atoms with Crippen molar-refractivity contribution in [2.45, 2.75) is 69.4 Å². The van der Waals surface area contributed by atoms with Crippen molar-refractivity contribution in [2.24, 2.45) is 5.92 Å². The fourth-order valence-electron chi connectivity index (χ4n) is 6.04. The second-order valence-electron chi connectivity index (χ2n) is 10.4. The zero-order valence-electron chi connectivity index (χ0n) is 20.1. The molecule has 2 aromatic carbocycles. The van der Waals surface area contributed by atoms with Crippen LogP contribution in [-0.4, -0.2) is 48.3 Å². The molecule has 33 heavy (non-hydrogen) atoms. The zero-order chi connectivity index (χ0) is 23.2. The Morgan fingerprint density at radius 3 is 2.33 bits per heavy atom. The van der Waals surface area contributed by atoms with E-state index in [1.165, 1.54) is 12.0 Å². The molecule has 2 aromatic rings. The second-order valence-corrected chi connectivity index (χ2v) is 10.4. The lowest BCUT2D eigenvalue weighted by Crippen LogP contribution is -2.52. The summed E-state index contributed by atoms with van der Waals surface area (Å²) >= 11 is 0. The summed E-state index contributed by atoms with van der Waals surface area (Å²) in [5.74, 6) is -0.528. The lowest BCUT2D eigenvalue weighted by molar-refractivity contribution is -0.921. The first-order valence-electron chi connectivity index (χ1n) is 12.9. The van der Waals surface area contributed by atoms with Gasteiger partial charge in [-0.25, -0.2) is 4.79 Å². The summed E-state index contributed by atoms with van der Waals surface area (Å²) in [5.41, 5.74) is 0.511. The van der Waals surface area contributed by atoms with Gasteiger partial charge in [0.2, 0.25) is 0 Å². The van der Waals surface area contributed by atoms with Crippen LogP contribution in [0.3, 0.4) is 0 Å². The molecular formula is C29H40NO3+. The summed E-state index contributed by atoms with van der Waals surface area (Å²) in [6.45, 7) is 2.60. The molecule has 0 spiro atoms. The summed E-state index contributed by atoms with van der Waals surface area (Å²) in [5, 5.41) is 11.8. The first kappa shape index (κ1) is 24.0. The second kappa shape index (κ2) is 10.8. The Morgan fingerprint density at radius 2 is 1.64 bits per heavy atom. The summed E-state index contributed by atoms with van der Waals surface area (Å²) in [6, 6.07) is 20.4. The van der Waals surface area contributed by atoms with Crippen LogP contribution in [0, 0.1) is 5.92 Å². The molecule has 4 nitrogen and oxygen atoms in total. The van der Waals surface area contributed by atoms with Gasteiger partial charge in [0.05, 0.1) is 20.1 Å². The van der Waals surface area contributed by atoms with Crippen molar-refractivity contribution in [3.05, 3.63) is 71.8 Å².